The lowest BCUT2D eigenvalue weighted by Gasteiger charge is -2.15. The number of aromatic nitrogens is 1. The Balaban J connectivity index is 1.76. The summed E-state index contributed by atoms with van der Waals surface area (Å²) < 4.78 is 15.9. The van der Waals surface area contributed by atoms with Gasteiger partial charge in [-0.2, -0.15) is 0 Å². The van der Waals surface area contributed by atoms with Crippen LogP contribution in [0.3, 0.4) is 0 Å². The van der Waals surface area contributed by atoms with Gasteiger partial charge in [0.25, 0.3) is 11.8 Å². The number of nitrogens with one attached hydrogen (secondary N) is 1. The van der Waals surface area contributed by atoms with Crippen LogP contribution in [0.1, 0.15) is 11.1 Å². The normalized spacial score (nSPS) is 13.4. The predicted octanol–water partition coefficient (Wildman–Crippen LogP) is 3.50. The van der Waals surface area contributed by atoms with Gasteiger partial charge >= 0.3 is 0 Å². The highest BCUT2D eigenvalue weighted by molar-refractivity contribution is 6.36. The second kappa shape index (κ2) is 9.44. The number of imide groups is 1. The number of benzene rings is 2. The monoisotopic (exact) mass is 445 g/mol. The molecule has 1 aliphatic rings. The quantitative estimate of drug-likeness (QED) is 0.531. The van der Waals surface area contributed by atoms with E-state index in [2.05, 4.69) is 10.3 Å². The fraction of sp³-hybridized carbons (Fsp3) is 0.160. The first-order chi connectivity index (χ1) is 16.0. The summed E-state index contributed by atoms with van der Waals surface area (Å²) in [6.45, 7) is 0.107. The summed E-state index contributed by atoms with van der Waals surface area (Å²) in [6.07, 6.45) is 3.27. The molecule has 0 bridgehead atoms. The second-order valence-corrected chi connectivity index (χ2v) is 7.23. The molecule has 1 N–H and O–H groups in total. The summed E-state index contributed by atoms with van der Waals surface area (Å²) in [7, 11) is 4.63. The zero-order valence-electron chi connectivity index (χ0n) is 18.5. The molecular weight excluding hydrogens is 422 g/mol. The first kappa shape index (κ1) is 21.9. The number of pyridine rings is 1. The van der Waals surface area contributed by atoms with E-state index in [1.54, 1.807) is 68.0 Å². The molecule has 0 fully saturated rings. The molecule has 4 rings (SSSR count). The van der Waals surface area contributed by atoms with E-state index in [4.69, 9.17) is 14.2 Å². The second-order valence-electron chi connectivity index (χ2n) is 7.23. The van der Waals surface area contributed by atoms with Crippen LogP contribution in [0.25, 0.3) is 5.57 Å². The van der Waals surface area contributed by atoms with E-state index in [0.717, 1.165) is 5.56 Å². The minimum Gasteiger partial charge on any atom is -0.497 e. The molecule has 1 aliphatic heterocycles. The Morgan fingerprint density at radius 1 is 0.879 bits per heavy atom. The Morgan fingerprint density at radius 3 is 2.27 bits per heavy atom. The van der Waals surface area contributed by atoms with E-state index in [1.807, 2.05) is 6.07 Å². The fourth-order valence-electron chi connectivity index (χ4n) is 3.59. The number of hydrogen-bond donors (Lipinski definition) is 1. The largest absolute Gasteiger partial charge is 0.497 e. The van der Waals surface area contributed by atoms with Crippen LogP contribution < -0.4 is 19.5 Å². The molecule has 8 nitrogen and oxygen atoms in total. The van der Waals surface area contributed by atoms with Gasteiger partial charge in [0.2, 0.25) is 0 Å². The smallest absolute Gasteiger partial charge is 0.278 e. The average molecular weight is 445 g/mol. The highest BCUT2D eigenvalue weighted by atomic mass is 16.5. The number of ether oxygens (including phenoxy) is 3. The Morgan fingerprint density at radius 2 is 1.64 bits per heavy atom. The van der Waals surface area contributed by atoms with Crippen molar-refractivity contribution in [1.82, 2.24) is 9.88 Å². The van der Waals surface area contributed by atoms with Crippen LogP contribution in [0.5, 0.6) is 17.2 Å². The van der Waals surface area contributed by atoms with Crippen molar-refractivity contribution in [1.29, 1.82) is 0 Å². The molecule has 0 aliphatic carbocycles. The number of methoxy groups -OCH3 is 3. The minimum absolute atomic E-state index is 0.107. The lowest BCUT2D eigenvalue weighted by molar-refractivity contribution is -0.137. The van der Waals surface area contributed by atoms with Crippen molar-refractivity contribution in [3.05, 3.63) is 83.8 Å². The third-order valence-electron chi connectivity index (χ3n) is 5.26. The van der Waals surface area contributed by atoms with Crippen LogP contribution in [-0.4, -0.2) is 43.0 Å². The van der Waals surface area contributed by atoms with Crippen molar-refractivity contribution in [2.45, 2.75) is 6.54 Å². The van der Waals surface area contributed by atoms with Crippen LogP contribution >= 0.6 is 0 Å². The van der Waals surface area contributed by atoms with Crippen LogP contribution in [0.15, 0.2) is 72.7 Å². The molecule has 0 radical (unpaired) electrons. The maximum atomic E-state index is 13.5. The van der Waals surface area contributed by atoms with Gasteiger partial charge in [0.1, 0.15) is 11.4 Å². The maximum absolute atomic E-state index is 13.5. The predicted molar refractivity (Wildman–Crippen MR) is 123 cm³/mol. The minimum atomic E-state index is -0.426. The highest BCUT2D eigenvalue weighted by Crippen LogP contribution is 2.36. The molecule has 8 heteroatoms. The van der Waals surface area contributed by atoms with Crippen LogP contribution in [0.2, 0.25) is 0 Å². The molecule has 168 valence electrons. The van der Waals surface area contributed by atoms with Gasteiger partial charge in [0.15, 0.2) is 11.5 Å². The van der Waals surface area contributed by atoms with Crippen LogP contribution in [-0.2, 0) is 16.1 Å². The molecule has 2 amide bonds. The summed E-state index contributed by atoms with van der Waals surface area (Å²) in [5.74, 6) is 0.825. The Labute approximate surface area is 191 Å². The van der Waals surface area contributed by atoms with E-state index in [-0.39, 0.29) is 17.8 Å². The maximum Gasteiger partial charge on any atom is 0.278 e. The molecule has 0 saturated carbocycles. The number of carbonyl (C=O) groups excluding carboxylic acids is 2. The van der Waals surface area contributed by atoms with Gasteiger partial charge in [0.05, 0.1) is 33.4 Å². The summed E-state index contributed by atoms with van der Waals surface area (Å²) >= 11 is 0. The molecule has 0 unspecified atom stereocenters. The lowest BCUT2D eigenvalue weighted by atomic mass is 10.0. The van der Waals surface area contributed by atoms with Gasteiger partial charge in [-0.1, -0.05) is 12.1 Å². The van der Waals surface area contributed by atoms with Gasteiger partial charge in [-0.15, -0.1) is 0 Å². The highest BCUT2D eigenvalue weighted by Gasteiger charge is 2.39. The summed E-state index contributed by atoms with van der Waals surface area (Å²) in [5, 5.41) is 3.13. The molecule has 2 heterocycles. The molecule has 0 saturated heterocycles. The number of hydrogen-bond acceptors (Lipinski definition) is 7. The summed E-state index contributed by atoms with van der Waals surface area (Å²) in [5.41, 5.74) is 2.36. The van der Waals surface area contributed by atoms with Crippen LogP contribution in [0.4, 0.5) is 5.69 Å². The Hall–Kier alpha value is -4.33. The van der Waals surface area contributed by atoms with Gasteiger partial charge < -0.3 is 19.5 Å². The van der Waals surface area contributed by atoms with Gasteiger partial charge in [0, 0.05) is 18.1 Å². The van der Waals surface area contributed by atoms with Gasteiger partial charge in [-0.25, -0.2) is 0 Å². The Kier molecular flexibility index (Phi) is 6.26. The zero-order valence-corrected chi connectivity index (χ0v) is 18.5. The standard InChI is InChI=1S/C25H23N3O5/c1-31-19-9-7-18(8-10-19)27-23-22(17-6-11-20(32-2)21(13-17)33-3)24(29)28(25(23)30)15-16-5-4-12-26-14-16/h4-14,27H,15H2,1-3H3. The fourth-order valence-corrected chi connectivity index (χ4v) is 3.59. The van der Waals surface area contributed by atoms with E-state index in [0.29, 0.717) is 28.5 Å². The molecule has 1 aromatic heterocycles. The van der Waals surface area contributed by atoms with Crippen molar-refractivity contribution in [3.8, 4) is 17.2 Å². The van der Waals surface area contributed by atoms with Gasteiger partial charge in [-0.05, 0) is 53.6 Å². The topological polar surface area (TPSA) is 90.0 Å². The number of amides is 2. The average Bonchev–Trinajstić information content (AvgIpc) is 3.08. The molecule has 3 aromatic rings. The lowest BCUT2D eigenvalue weighted by Crippen LogP contribution is -2.32. The van der Waals surface area contributed by atoms with E-state index in [1.165, 1.54) is 19.1 Å². The number of nitrogens with zero attached hydrogens (tertiary/aromatic N) is 2. The third kappa shape index (κ3) is 4.36. The van der Waals surface area contributed by atoms with E-state index < -0.39 is 11.8 Å². The van der Waals surface area contributed by atoms with Crippen molar-refractivity contribution >= 4 is 23.1 Å². The molecule has 33 heavy (non-hydrogen) atoms. The number of rotatable bonds is 8. The van der Waals surface area contributed by atoms with E-state index >= 15 is 0 Å². The van der Waals surface area contributed by atoms with Crippen molar-refractivity contribution in [2.24, 2.45) is 0 Å². The number of carbonyl (C=O) groups is 2. The Bertz CT molecular complexity index is 1210. The first-order valence-electron chi connectivity index (χ1n) is 10.2. The molecular formula is C25H23N3O5. The van der Waals surface area contributed by atoms with Crippen LogP contribution in [0, 0.1) is 0 Å². The zero-order chi connectivity index (χ0) is 23.4. The number of anilines is 1. The van der Waals surface area contributed by atoms with Gasteiger partial charge in [-0.3, -0.25) is 19.5 Å². The summed E-state index contributed by atoms with van der Waals surface area (Å²) in [6, 6.07) is 15.8. The molecule has 2 aromatic carbocycles. The van der Waals surface area contributed by atoms with Crippen molar-refractivity contribution in [2.75, 3.05) is 26.6 Å². The van der Waals surface area contributed by atoms with E-state index in [9.17, 15) is 9.59 Å². The summed E-state index contributed by atoms with van der Waals surface area (Å²) in [4.78, 5) is 32.1. The SMILES string of the molecule is COc1ccc(NC2=C(c3ccc(OC)c(OC)c3)C(=O)N(Cc3cccnc3)C2=O)cc1. The molecule has 0 atom stereocenters. The van der Waals surface area contributed by atoms with Crippen molar-refractivity contribution < 1.29 is 23.8 Å². The molecule has 0 spiro atoms. The van der Waals surface area contributed by atoms with Crippen molar-refractivity contribution in [3.63, 3.8) is 0 Å². The first-order valence-corrected chi connectivity index (χ1v) is 10.2. The third-order valence-corrected chi connectivity index (χ3v) is 5.26.